The normalized spacial score (nSPS) is 18.3. The van der Waals surface area contributed by atoms with Crippen molar-refractivity contribution in [3.8, 4) is 33.9 Å². The molecule has 1 saturated carbocycles. The van der Waals surface area contributed by atoms with Crippen molar-refractivity contribution in [1.29, 1.82) is 0 Å². The van der Waals surface area contributed by atoms with Crippen LogP contribution in [0.3, 0.4) is 0 Å². The highest BCUT2D eigenvalue weighted by molar-refractivity contribution is 6.06. The molecule has 0 spiro atoms. The predicted octanol–water partition coefficient (Wildman–Crippen LogP) is 5.26. The SMILES string of the molecule is COc1ccc(-c2oc3ncnc(N[C@H]4CC[C@H](N)CC4)c3c2-c2ccc(OC)cc2)cc1. The van der Waals surface area contributed by atoms with E-state index < -0.39 is 0 Å². The Labute approximate surface area is 192 Å². The molecule has 0 saturated heterocycles. The van der Waals surface area contributed by atoms with Gasteiger partial charge in [0.15, 0.2) is 0 Å². The van der Waals surface area contributed by atoms with E-state index in [4.69, 9.17) is 19.6 Å². The molecule has 3 N–H and O–H groups in total. The molecular weight excluding hydrogens is 416 g/mol. The number of nitrogens with one attached hydrogen (secondary N) is 1. The number of aromatic nitrogens is 2. The average Bonchev–Trinajstić information content (AvgIpc) is 3.26. The largest absolute Gasteiger partial charge is 0.497 e. The first-order valence-corrected chi connectivity index (χ1v) is 11.2. The molecular formula is C26H28N4O3. The zero-order valence-corrected chi connectivity index (χ0v) is 18.9. The number of nitrogens with zero attached hydrogens (tertiary/aromatic N) is 2. The number of ether oxygens (including phenoxy) is 2. The Bertz CT molecular complexity index is 1230. The van der Waals surface area contributed by atoms with E-state index in [2.05, 4.69) is 15.3 Å². The smallest absolute Gasteiger partial charge is 0.232 e. The van der Waals surface area contributed by atoms with Gasteiger partial charge in [0.1, 0.15) is 29.4 Å². The summed E-state index contributed by atoms with van der Waals surface area (Å²) in [5.74, 6) is 3.12. The van der Waals surface area contributed by atoms with E-state index in [-0.39, 0.29) is 0 Å². The number of methoxy groups -OCH3 is 2. The fourth-order valence-corrected chi connectivity index (χ4v) is 4.48. The summed E-state index contributed by atoms with van der Waals surface area (Å²) in [6.45, 7) is 0. The number of hydrogen-bond donors (Lipinski definition) is 2. The van der Waals surface area contributed by atoms with Gasteiger partial charge in [-0.2, -0.15) is 0 Å². The molecule has 2 aromatic heterocycles. The lowest BCUT2D eigenvalue weighted by molar-refractivity contribution is 0.410. The number of fused-ring (bicyclic) bond motifs is 1. The van der Waals surface area contributed by atoms with Gasteiger partial charge in [0.05, 0.1) is 19.6 Å². The van der Waals surface area contributed by atoms with Crippen LogP contribution in [0.25, 0.3) is 33.6 Å². The summed E-state index contributed by atoms with van der Waals surface area (Å²) in [7, 11) is 3.32. The molecule has 0 radical (unpaired) electrons. The molecule has 0 amide bonds. The number of furan rings is 1. The molecule has 5 rings (SSSR count). The highest BCUT2D eigenvalue weighted by Gasteiger charge is 2.25. The Morgan fingerprint density at radius 2 is 1.45 bits per heavy atom. The van der Waals surface area contributed by atoms with Crippen molar-refractivity contribution in [2.75, 3.05) is 19.5 Å². The van der Waals surface area contributed by atoms with E-state index >= 15 is 0 Å². The first kappa shape index (κ1) is 21.3. The molecule has 170 valence electrons. The summed E-state index contributed by atoms with van der Waals surface area (Å²) >= 11 is 0. The molecule has 4 aromatic rings. The molecule has 1 aliphatic carbocycles. The van der Waals surface area contributed by atoms with Crippen LogP contribution in [0.2, 0.25) is 0 Å². The molecule has 0 bridgehead atoms. The van der Waals surface area contributed by atoms with Crippen LogP contribution in [0.4, 0.5) is 5.82 Å². The van der Waals surface area contributed by atoms with Gasteiger partial charge in [0.25, 0.3) is 0 Å². The van der Waals surface area contributed by atoms with Gasteiger partial charge in [-0.15, -0.1) is 0 Å². The fraction of sp³-hybridized carbons (Fsp3) is 0.308. The Kier molecular flexibility index (Phi) is 5.88. The third-order valence-corrected chi connectivity index (χ3v) is 6.33. The highest BCUT2D eigenvalue weighted by atomic mass is 16.5. The Morgan fingerprint density at radius 3 is 2.06 bits per heavy atom. The standard InChI is InChI=1S/C26H28N4O3/c1-31-20-11-3-16(4-12-20)22-23-25(30-19-9-7-18(27)8-10-19)28-15-29-26(23)33-24(22)17-5-13-21(32-2)14-6-17/h3-6,11-15,18-19H,7-10,27H2,1-2H3,(H,28,29,30)/t18-,19-. The van der Waals surface area contributed by atoms with Crippen LogP contribution in [0.15, 0.2) is 59.3 Å². The molecule has 0 atom stereocenters. The Morgan fingerprint density at radius 1 is 0.848 bits per heavy atom. The minimum atomic E-state index is 0.291. The molecule has 1 fully saturated rings. The number of anilines is 1. The topological polar surface area (TPSA) is 95.4 Å². The molecule has 0 unspecified atom stereocenters. The van der Waals surface area contributed by atoms with Gasteiger partial charge in [-0.1, -0.05) is 12.1 Å². The van der Waals surface area contributed by atoms with Gasteiger partial charge in [-0.3, -0.25) is 0 Å². The number of rotatable bonds is 6. The van der Waals surface area contributed by atoms with Crippen LogP contribution in [0, 0.1) is 0 Å². The first-order chi connectivity index (χ1) is 16.2. The average molecular weight is 445 g/mol. The number of hydrogen-bond acceptors (Lipinski definition) is 7. The van der Waals surface area contributed by atoms with Crippen molar-refractivity contribution in [3.05, 3.63) is 54.9 Å². The quantitative estimate of drug-likeness (QED) is 0.419. The van der Waals surface area contributed by atoms with Crippen LogP contribution in [0.5, 0.6) is 11.5 Å². The van der Waals surface area contributed by atoms with Crippen molar-refractivity contribution >= 4 is 16.9 Å². The van der Waals surface area contributed by atoms with Gasteiger partial charge < -0.3 is 24.9 Å². The molecule has 2 heterocycles. The second-order valence-electron chi connectivity index (χ2n) is 8.42. The summed E-state index contributed by atoms with van der Waals surface area (Å²) in [5, 5.41) is 4.53. The van der Waals surface area contributed by atoms with Crippen LogP contribution in [-0.2, 0) is 0 Å². The van der Waals surface area contributed by atoms with E-state index in [1.807, 2.05) is 48.5 Å². The van der Waals surface area contributed by atoms with Gasteiger partial charge in [-0.05, 0) is 67.6 Å². The molecule has 0 aliphatic heterocycles. The van der Waals surface area contributed by atoms with Gasteiger partial charge in [0.2, 0.25) is 5.71 Å². The van der Waals surface area contributed by atoms with Crippen molar-refractivity contribution in [2.45, 2.75) is 37.8 Å². The minimum absolute atomic E-state index is 0.291. The predicted molar refractivity (Wildman–Crippen MR) is 130 cm³/mol. The molecule has 7 nitrogen and oxygen atoms in total. The van der Waals surface area contributed by atoms with Gasteiger partial charge in [-0.25, -0.2) is 9.97 Å². The highest BCUT2D eigenvalue weighted by Crippen LogP contribution is 2.43. The Balaban J connectivity index is 1.65. The summed E-state index contributed by atoms with van der Waals surface area (Å²) < 4.78 is 17.0. The maximum atomic E-state index is 6.33. The lowest BCUT2D eigenvalue weighted by Crippen LogP contribution is -2.33. The van der Waals surface area contributed by atoms with E-state index in [1.165, 1.54) is 0 Å². The lowest BCUT2D eigenvalue weighted by atomic mass is 9.91. The molecule has 2 aromatic carbocycles. The third kappa shape index (κ3) is 4.24. The summed E-state index contributed by atoms with van der Waals surface area (Å²) in [5.41, 5.74) is 9.55. The Hall–Kier alpha value is -3.58. The third-order valence-electron chi connectivity index (χ3n) is 6.33. The molecule has 33 heavy (non-hydrogen) atoms. The van der Waals surface area contributed by atoms with Gasteiger partial charge >= 0.3 is 0 Å². The van der Waals surface area contributed by atoms with E-state index in [9.17, 15) is 0 Å². The summed E-state index contributed by atoms with van der Waals surface area (Å²) in [4.78, 5) is 9.08. The molecule has 1 aliphatic rings. The summed E-state index contributed by atoms with van der Waals surface area (Å²) in [6.07, 6.45) is 5.62. The van der Waals surface area contributed by atoms with Crippen LogP contribution in [-0.4, -0.2) is 36.3 Å². The summed E-state index contributed by atoms with van der Waals surface area (Å²) in [6, 6.07) is 16.4. The number of benzene rings is 2. The zero-order chi connectivity index (χ0) is 22.8. The first-order valence-electron chi connectivity index (χ1n) is 11.2. The van der Waals surface area contributed by atoms with Gasteiger partial charge in [0, 0.05) is 23.2 Å². The van der Waals surface area contributed by atoms with Crippen molar-refractivity contribution < 1.29 is 13.9 Å². The van der Waals surface area contributed by atoms with E-state index in [0.29, 0.717) is 17.8 Å². The van der Waals surface area contributed by atoms with E-state index in [0.717, 1.165) is 70.8 Å². The van der Waals surface area contributed by atoms with Crippen LogP contribution < -0.4 is 20.5 Å². The zero-order valence-electron chi connectivity index (χ0n) is 18.9. The minimum Gasteiger partial charge on any atom is -0.497 e. The van der Waals surface area contributed by atoms with Crippen molar-refractivity contribution in [1.82, 2.24) is 9.97 Å². The second-order valence-corrected chi connectivity index (χ2v) is 8.42. The van der Waals surface area contributed by atoms with Crippen LogP contribution >= 0.6 is 0 Å². The second kappa shape index (κ2) is 9.11. The maximum absolute atomic E-state index is 6.33. The maximum Gasteiger partial charge on any atom is 0.232 e. The van der Waals surface area contributed by atoms with Crippen molar-refractivity contribution in [3.63, 3.8) is 0 Å². The monoisotopic (exact) mass is 444 g/mol. The van der Waals surface area contributed by atoms with Crippen molar-refractivity contribution in [2.24, 2.45) is 5.73 Å². The fourth-order valence-electron chi connectivity index (χ4n) is 4.48. The lowest BCUT2D eigenvalue weighted by Gasteiger charge is -2.27. The number of nitrogens with two attached hydrogens (primary N) is 1. The van der Waals surface area contributed by atoms with Crippen LogP contribution in [0.1, 0.15) is 25.7 Å². The molecule has 7 heteroatoms. The van der Waals surface area contributed by atoms with E-state index in [1.54, 1.807) is 20.5 Å².